The monoisotopic (exact) mass is 196 g/mol. The first kappa shape index (κ1) is 13.7. The van der Waals surface area contributed by atoms with Crippen LogP contribution in [0.2, 0.25) is 0 Å². The minimum Gasteiger partial charge on any atom is -0.0654 e. The van der Waals surface area contributed by atoms with Crippen LogP contribution in [0.25, 0.3) is 0 Å². The van der Waals surface area contributed by atoms with Gasteiger partial charge in [-0.15, -0.1) is 0 Å². The Balaban J connectivity index is 5.27. The minimum atomic E-state index is 0.690. The van der Waals surface area contributed by atoms with E-state index in [1.54, 1.807) is 11.1 Å². The van der Waals surface area contributed by atoms with Gasteiger partial charge in [0.1, 0.15) is 0 Å². The third-order valence-electron chi connectivity index (χ3n) is 2.82. The van der Waals surface area contributed by atoms with Gasteiger partial charge in [0.15, 0.2) is 0 Å². The molecule has 0 unspecified atom stereocenters. The molecule has 0 aliphatic rings. The van der Waals surface area contributed by atoms with Gasteiger partial charge in [0.05, 0.1) is 0 Å². The van der Waals surface area contributed by atoms with Gasteiger partial charge in [0.25, 0.3) is 0 Å². The van der Waals surface area contributed by atoms with Crippen LogP contribution < -0.4 is 0 Å². The average Bonchev–Trinajstić information content (AvgIpc) is 1.96. The summed E-state index contributed by atoms with van der Waals surface area (Å²) in [5.74, 6) is 2.76. The first-order valence-electron chi connectivity index (χ1n) is 6.02. The van der Waals surface area contributed by atoms with E-state index in [-0.39, 0.29) is 0 Å². The van der Waals surface area contributed by atoms with Gasteiger partial charge in [0.2, 0.25) is 0 Å². The van der Waals surface area contributed by atoms with Crippen LogP contribution in [0.15, 0.2) is 11.1 Å². The van der Waals surface area contributed by atoms with E-state index in [4.69, 9.17) is 0 Å². The highest BCUT2D eigenvalue weighted by atomic mass is 14.2. The molecule has 0 aromatic heterocycles. The van der Waals surface area contributed by atoms with Gasteiger partial charge >= 0.3 is 0 Å². The van der Waals surface area contributed by atoms with Crippen molar-refractivity contribution >= 4 is 0 Å². The summed E-state index contributed by atoms with van der Waals surface area (Å²) in [4.78, 5) is 0. The number of hydrogen-bond acceptors (Lipinski definition) is 0. The maximum Gasteiger partial charge on any atom is -0.0255 e. The molecule has 0 amide bonds. The lowest BCUT2D eigenvalue weighted by atomic mass is 9.79. The van der Waals surface area contributed by atoms with Crippen molar-refractivity contribution in [2.24, 2.45) is 23.7 Å². The highest BCUT2D eigenvalue weighted by Crippen LogP contribution is 2.32. The van der Waals surface area contributed by atoms with Crippen LogP contribution in [-0.2, 0) is 0 Å². The van der Waals surface area contributed by atoms with Gasteiger partial charge in [-0.2, -0.15) is 0 Å². The molecule has 0 aliphatic carbocycles. The van der Waals surface area contributed by atoms with E-state index < -0.39 is 0 Å². The molecule has 0 saturated carbocycles. The van der Waals surface area contributed by atoms with E-state index in [0.29, 0.717) is 23.7 Å². The van der Waals surface area contributed by atoms with E-state index >= 15 is 0 Å². The number of hydrogen-bond donors (Lipinski definition) is 0. The van der Waals surface area contributed by atoms with Gasteiger partial charge in [-0.05, 0) is 23.7 Å². The van der Waals surface area contributed by atoms with Crippen LogP contribution in [0, 0.1) is 23.7 Å². The van der Waals surface area contributed by atoms with E-state index in [1.807, 2.05) is 0 Å². The zero-order valence-corrected chi connectivity index (χ0v) is 11.3. The van der Waals surface area contributed by atoms with Crippen LogP contribution >= 0.6 is 0 Å². The summed E-state index contributed by atoms with van der Waals surface area (Å²) in [6.07, 6.45) is 0. The zero-order chi connectivity index (χ0) is 11.5. The Labute approximate surface area is 90.8 Å². The Bertz CT molecular complexity index is 150. The molecule has 0 spiro atoms. The van der Waals surface area contributed by atoms with Crippen molar-refractivity contribution in [3.63, 3.8) is 0 Å². The molecule has 14 heavy (non-hydrogen) atoms. The van der Waals surface area contributed by atoms with E-state index in [0.717, 1.165) is 0 Å². The third-order valence-corrected chi connectivity index (χ3v) is 2.82. The number of rotatable bonds is 4. The Kier molecular flexibility index (Phi) is 5.48. The summed E-state index contributed by atoms with van der Waals surface area (Å²) in [5, 5.41) is 0. The largest absolute Gasteiger partial charge is 0.0654 e. The summed E-state index contributed by atoms with van der Waals surface area (Å²) < 4.78 is 0. The molecule has 0 N–H and O–H groups in total. The van der Waals surface area contributed by atoms with Crippen LogP contribution in [0.1, 0.15) is 55.4 Å². The Morgan fingerprint density at radius 3 is 0.643 bits per heavy atom. The summed E-state index contributed by atoms with van der Waals surface area (Å²) in [6.45, 7) is 18.6. The van der Waals surface area contributed by atoms with Crippen molar-refractivity contribution in [3.05, 3.63) is 11.1 Å². The second-order valence-electron chi connectivity index (χ2n) is 5.53. The predicted molar refractivity (Wildman–Crippen MR) is 66.4 cm³/mol. The fourth-order valence-electron chi connectivity index (χ4n) is 2.67. The molecule has 0 heterocycles. The van der Waals surface area contributed by atoms with Gasteiger partial charge in [-0.3, -0.25) is 0 Å². The molecule has 0 atom stereocenters. The molecule has 0 bridgehead atoms. The van der Waals surface area contributed by atoms with E-state index in [9.17, 15) is 0 Å². The van der Waals surface area contributed by atoms with Crippen molar-refractivity contribution in [2.45, 2.75) is 55.4 Å². The molecule has 84 valence electrons. The zero-order valence-electron chi connectivity index (χ0n) is 11.3. The van der Waals surface area contributed by atoms with Gasteiger partial charge < -0.3 is 0 Å². The Hall–Kier alpha value is -0.260. The molecule has 0 saturated heterocycles. The average molecular weight is 196 g/mol. The molecular weight excluding hydrogens is 168 g/mol. The molecule has 0 heteroatoms. The quantitative estimate of drug-likeness (QED) is 0.561. The molecule has 0 aromatic carbocycles. The topological polar surface area (TPSA) is 0 Å². The fraction of sp³-hybridized carbons (Fsp3) is 0.857. The fourth-order valence-corrected chi connectivity index (χ4v) is 2.67. The molecule has 0 radical (unpaired) electrons. The lowest BCUT2D eigenvalue weighted by Crippen LogP contribution is -2.14. The number of allylic oxidation sites excluding steroid dienone is 2. The maximum absolute atomic E-state index is 2.32. The normalized spacial score (nSPS) is 12.0. The van der Waals surface area contributed by atoms with Gasteiger partial charge in [0, 0.05) is 0 Å². The van der Waals surface area contributed by atoms with Crippen LogP contribution in [0.3, 0.4) is 0 Å². The predicted octanol–water partition coefficient (Wildman–Crippen LogP) is 4.91. The van der Waals surface area contributed by atoms with Crippen molar-refractivity contribution in [2.75, 3.05) is 0 Å². The van der Waals surface area contributed by atoms with Crippen LogP contribution in [0.5, 0.6) is 0 Å². The Morgan fingerprint density at radius 2 is 0.571 bits per heavy atom. The van der Waals surface area contributed by atoms with Gasteiger partial charge in [-0.1, -0.05) is 66.5 Å². The summed E-state index contributed by atoms with van der Waals surface area (Å²) in [5.41, 5.74) is 3.35. The highest BCUT2D eigenvalue weighted by molar-refractivity contribution is 5.21. The third kappa shape index (κ3) is 3.48. The first-order valence-corrected chi connectivity index (χ1v) is 6.02. The smallest absolute Gasteiger partial charge is 0.0255 e. The van der Waals surface area contributed by atoms with E-state index in [2.05, 4.69) is 55.4 Å². The maximum atomic E-state index is 2.32. The van der Waals surface area contributed by atoms with Crippen LogP contribution in [0.4, 0.5) is 0 Å². The van der Waals surface area contributed by atoms with Crippen molar-refractivity contribution in [1.82, 2.24) is 0 Å². The van der Waals surface area contributed by atoms with Crippen molar-refractivity contribution < 1.29 is 0 Å². The minimum absolute atomic E-state index is 0.690. The summed E-state index contributed by atoms with van der Waals surface area (Å²) in [6, 6.07) is 0. The summed E-state index contributed by atoms with van der Waals surface area (Å²) in [7, 11) is 0. The highest BCUT2D eigenvalue weighted by Gasteiger charge is 2.18. The second-order valence-corrected chi connectivity index (χ2v) is 5.53. The molecular formula is C14H28. The first-order chi connectivity index (χ1) is 6.29. The van der Waals surface area contributed by atoms with Crippen molar-refractivity contribution in [3.8, 4) is 0 Å². The standard InChI is InChI=1S/C14H28/c1-9(2)13(10(3)4)14(11(5)6)12(7)8/h9-12H,1-8H3. The molecule has 0 nitrogen and oxygen atoms in total. The molecule has 0 aromatic rings. The molecule has 0 fully saturated rings. The lowest BCUT2D eigenvalue weighted by Gasteiger charge is -2.27. The second kappa shape index (κ2) is 5.58. The van der Waals surface area contributed by atoms with Gasteiger partial charge in [-0.25, -0.2) is 0 Å². The SMILES string of the molecule is CC(C)C(=C(C(C)C)C(C)C)C(C)C. The van der Waals surface area contributed by atoms with E-state index in [1.165, 1.54) is 0 Å². The van der Waals surface area contributed by atoms with Crippen LogP contribution in [-0.4, -0.2) is 0 Å². The summed E-state index contributed by atoms with van der Waals surface area (Å²) >= 11 is 0. The lowest BCUT2D eigenvalue weighted by molar-refractivity contribution is 0.537. The Morgan fingerprint density at radius 1 is 0.429 bits per heavy atom. The van der Waals surface area contributed by atoms with Crippen molar-refractivity contribution in [1.29, 1.82) is 0 Å². The molecule has 0 rings (SSSR count). The molecule has 0 aliphatic heterocycles.